The number of rotatable bonds is 9. The molecule has 1 aliphatic rings. The zero-order chi connectivity index (χ0) is 17.4. The van der Waals surface area contributed by atoms with Crippen LogP contribution in [0.4, 0.5) is 5.13 Å². The van der Waals surface area contributed by atoms with Crippen molar-refractivity contribution in [3.63, 3.8) is 0 Å². The van der Waals surface area contributed by atoms with Crippen LogP contribution in [0, 0.1) is 12.8 Å². The number of carbonyl (C=O) groups is 2. The van der Waals surface area contributed by atoms with Crippen molar-refractivity contribution in [3.05, 3.63) is 11.1 Å². The number of thiazole rings is 1. The van der Waals surface area contributed by atoms with Crippen molar-refractivity contribution < 1.29 is 9.59 Å². The molecule has 1 fully saturated rings. The normalized spacial score (nSPS) is 14.8. The number of nitrogens with zero attached hydrogens (tertiary/aromatic N) is 2. The van der Waals surface area contributed by atoms with Crippen LogP contribution in [-0.2, 0) is 9.59 Å². The molecule has 1 N–H and O–H groups in total. The quantitative estimate of drug-likeness (QED) is 0.732. The molecule has 0 radical (unpaired) electrons. The number of hydrogen-bond donors (Lipinski definition) is 1. The number of hydrogen-bond acceptors (Lipinski definition) is 4. The highest BCUT2D eigenvalue weighted by atomic mass is 32.1. The van der Waals surface area contributed by atoms with Gasteiger partial charge in [0.05, 0.1) is 12.2 Å². The van der Waals surface area contributed by atoms with E-state index in [0.717, 1.165) is 25.0 Å². The summed E-state index contributed by atoms with van der Waals surface area (Å²) in [5.74, 6) is 0.657. The first-order chi connectivity index (χ1) is 11.6. The van der Waals surface area contributed by atoms with E-state index in [9.17, 15) is 9.59 Å². The first-order valence-electron chi connectivity index (χ1n) is 9.08. The molecule has 2 amide bonds. The summed E-state index contributed by atoms with van der Waals surface area (Å²) in [4.78, 5) is 30.7. The van der Waals surface area contributed by atoms with Gasteiger partial charge in [-0.15, -0.1) is 11.3 Å². The number of aryl methyl sites for hydroxylation is 1. The van der Waals surface area contributed by atoms with Crippen LogP contribution in [0.5, 0.6) is 0 Å². The summed E-state index contributed by atoms with van der Waals surface area (Å²) >= 11 is 1.41. The van der Waals surface area contributed by atoms with Crippen LogP contribution < -0.4 is 5.32 Å². The second-order valence-corrected chi connectivity index (χ2v) is 7.56. The van der Waals surface area contributed by atoms with Gasteiger partial charge in [-0.1, -0.05) is 39.0 Å². The van der Waals surface area contributed by atoms with Gasteiger partial charge in [-0.05, 0) is 25.7 Å². The van der Waals surface area contributed by atoms with Crippen LogP contribution in [-0.4, -0.2) is 34.8 Å². The molecule has 24 heavy (non-hydrogen) atoms. The molecule has 0 bridgehead atoms. The number of aromatic nitrogens is 1. The van der Waals surface area contributed by atoms with Crippen molar-refractivity contribution in [2.24, 2.45) is 5.92 Å². The Hall–Kier alpha value is -1.43. The topological polar surface area (TPSA) is 62.3 Å². The highest BCUT2D eigenvalue weighted by molar-refractivity contribution is 7.13. The van der Waals surface area contributed by atoms with E-state index in [4.69, 9.17) is 0 Å². The molecule has 1 aliphatic carbocycles. The minimum Gasteiger partial charge on any atom is -0.333 e. The van der Waals surface area contributed by atoms with E-state index in [1.807, 2.05) is 12.3 Å². The highest BCUT2D eigenvalue weighted by Crippen LogP contribution is 2.28. The predicted octanol–water partition coefficient (Wildman–Crippen LogP) is 3.99. The Bertz CT molecular complexity index is 538. The molecule has 0 spiro atoms. The van der Waals surface area contributed by atoms with Gasteiger partial charge in [0.15, 0.2) is 5.13 Å². The van der Waals surface area contributed by atoms with Gasteiger partial charge >= 0.3 is 0 Å². The highest BCUT2D eigenvalue weighted by Gasteiger charge is 2.20. The van der Waals surface area contributed by atoms with Gasteiger partial charge in [-0.3, -0.25) is 9.59 Å². The van der Waals surface area contributed by atoms with Crippen LogP contribution in [0.3, 0.4) is 0 Å². The summed E-state index contributed by atoms with van der Waals surface area (Å²) in [5.41, 5.74) is 0.894. The molecule has 1 aromatic heterocycles. The van der Waals surface area contributed by atoms with E-state index in [0.29, 0.717) is 24.0 Å². The number of unbranched alkanes of at least 4 members (excludes halogenated alkanes) is 1. The zero-order valence-electron chi connectivity index (χ0n) is 14.8. The maximum Gasteiger partial charge on any atom is 0.245 e. The summed E-state index contributed by atoms with van der Waals surface area (Å²) in [7, 11) is 0. The molecule has 6 heteroatoms. The van der Waals surface area contributed by atoms with Crippen molar-refractivity contribution in [2.75, 3.05) is 18.4 Å². The van der Waals surface area contributed by atoms with E-state index in [2.05, 4.69) is 17.2 Å². The molecule has 1 aromatic rings. The third-order valence-electron chi connectivity index (χ3n) is 4.58. The van der Waals surface area contributed by atoms with Crippen LogP contribution in [0.25, 0.3) is 0 Å². The van der Waals surface area contributed by atoms with Crippen molar-refractivity contribution in [1.29, 1.82) is 0 Å². The summed E-state index contributed by atoms with van der Waals surface area (Å²) in [6, 6.07) is 0. The van der Waals surface area contributed by atoms with E-state index in [1.165, 1.54) is 37.0 Å². The first-order valence-corrected chi connectivity index (χ1v) is 9.96. The molecule has 5 nitrogen and oxygen atoms in total. The zero-order valence-corrected chi connectivity index (χ0v) is 15.7. The average Bonchev–Trinajstić information content (AvgIpc) is 3.20. The molecule has 0 aliphatic heterocycles. The largest absolute Gasteiger partial charge is 0.333 e. The van der Waals surface area contributed by atoms with Crippen LogP contribution >= 0.6 is 11.3 Å². The second kappa shape index (κ2) is 9.77. The average molecular weight is 352 g/mol. The molecule has 0 aromatic carbocycles. The van der Waals surface area contributed by atoms with E-state index in [-0.39, 0.29) is 18.4 Å². The maximum atomic E-state index is 12.5. The number of nitrogens with one attached hydrogen (secondary N) is 1. The van der Waals surface area contributed by atoms with Gasteiger partial charge in [-0.25, -0.2) is 4.98 Å². The fourth-order valence-electron chi connectivity index (χ4n) is 3.17. The first kappa shape index (κ1) is 18.9. The monoisotopic (exact) mass is 351 g/mol. The minimum absolute atomic E-state index is 0.112. The minimum atomic E-state index is -0.158. The van der Waals surface area contributed by atoms with Gasteiger partial charge < -0.3 is 10.2 Å². The lowest BCUT2D eigenvalue weighted by atomic mass is 10.0. The van der Waals surface area contributed by atoms with Gasteiger partial charge in [-0.2, -0.15) is 0 Å². The number of amides is 2. The Labute approximate surface area is 148 Å². The molecule has 1 heterocycles. The Morgan fingerprint density at radius 3 is 2.75 bits per heavy atom. The van der Waals surface area contributed by atoms with Crippen molar-refractivity contribution in [1.82, 2.24) is 9.88 Å². The van der Waals surface area contributed by atoms with Gasteiger partial charge in [0, 0.05) is 18.3 Å². The standard InChI is InChI=1S/C18H29N3O2S/c1-3-4-11-21(17(23)10-9-15-7-5-6-8-15)12-16(22)20-18-19-14(2)13-24-18/h13,15H,3-12H2,1-2H3,(H,19,20,22). The van der Waals surface area contributed by atoms with Gasteiger partial charge in [0.1, 0.15) is 0 Å². The lowest BCUT2D eigenvalue weighted by Gasteiger charge is -2.22. The van der Waals surface area contributed by atoms with Crippen molar-refractivity contribution >= 4 is 28.3 Å². The lowest BCUT2D eigenvalue weighted by molar-refractivity contribution is -0.135. The van der Waals surface area contributed by atoms with Crippen molar-refractivity contribution in [3.8, 4) is 0 Å². The van der Waals surface area contributed by atoms with Crippen LogP contribution in [0.15, 0.2) is 5.38 Å². The third kappa shape index (κ3) is 6.23. The van der Waals surface area contributed by atoms with E-state index >= 15 is 0 Å². The Morgan fingerprint density at radius 1 is 1.38 bits per heavy atom. The Kier molecular flexibility index (Phi) is 7.69. The van der Waals surface area contributed by atoms with Crippen molar-refractivity contribution in [2.45, 2.75) is 65.2 Å². The fourth-order valence-corrected chi connectivity index (χ4v) is 3.87. The van der Waals surface area contributed by atoms with Gasteiger partial charge in [0.2, 0.25) is 11.8 Å². The molecule has 134 valence electrons. The summed E-state index contributed by atoms with van der Waals surface area (Å²) in [6.45, 7) is 4.78. The fraction of sp³-hybridized carbons (Fsp3) is 0.722. The van der Waals surface area contributed by atoms with Gasteiger partial charge in [0.25, 0.3) is 0 Å². The summed E-state index contributed by atoms with van der Waals surface area (Å²) < 4.78 is 0. The molecule has 0 atom stereocenters. The van der Waals surface area contributed by atoms with E-state index < -0.39 is 0 Å². The summed E-state index contributed by atoms with van der Waals surface area (Å²) in [5, 5.41) is 5.30. The second-order valence-electron chi connectivity index (χ2n) is 6.70. The third-order valence-corrected chi connectivity index (χ3v) is 5.45. The van der Waals surface area contributed by atoms with Crippen LogP contribution in [0.1, 0.15) is 64.0 Å². The Morgan fingerprint density at radius 2 is 2.12 bits per heavy atom. The Balaban J connectivity index is 1.83. The number of anilines is 1. The number of carbonyl (C=O) groups excluding carboxylic acids is 2. The molecule has 0 unspecified atom stereocenters. The molecular formula is C18H29N3O2S. The lowest BCUT2D eigenvalue weighted by Crippen LogP contribution is -2.38. The predicted molar refractivity (Wildman–Crippen MR) is 98.2 cm³/mol. The van der Waals surface area contributed by atoms with E-state index in [1.54, 1.807) is 4.90 Å². The van der Waals surface area contributed by atoms with Crippen LogP contribution in [0.2, 0.25) is 0 Å². The molecular weight excluding hydrogens is 322 g/mol. The summed E-state index contributed by atoms with van der Waals surface area (Å²) in [6.07, 6.45) is 8.59. The SMILES string of the molecule is CCCCN(CC(=O)Nc1nc(C)cs1)C(=O)CCC1CCCC1. The maximum absolute atomic E-state index is 12.5. The molecule has 2 rings (SSSR count). The molecule has 1 saturated carbocycles. The smallest absolute Gasteiger partial charge is 0.245 e. The molecule has 0 saturated heterocycles.